The van der Waals surface area contributed by atoms with Crippen LogP contribution in [0.4, 0.5) is 0 Å². The highest BCUT2D eigenvalue weighted by Gasteiger charge is 2.53. The Morgan fingerprint density at radius 1 is 1.26 bits per heavy atom. The lowest BCUT2D eigenvalue weighted by Gasteiger charge is -2.34. The Morgan fingerprint density at radius 2 is 1.97 bits per heavy atom. The summed E-state index contributed by atoms with van der Waals surface area (Å²) >= 11 is 3.34. The number of hydrogen-bond acceptors (Lipinski definition) is 9. The van der Waals surface area contributed by atoms with Crippen LogP contribution in [0.15, 0.2) is 15.3 Å². The number of esters is 1. The fraction of sp³-hybridized carbons (Fsp3) is 0.759. The van der Waals surface area contributed by atoms with Crippen molar-refractivity contribution < 1.29 is 29.3 Å². The number of hydrogen-bond donors (Lipinski definition) is 2. The number of aliphatic hydroxyl groups is 2. The molecule has 0 aromatic carbocycles. The van der Waals surface area contributed by atoms with Gasteiger partial charge in [-0.05, 0) is 50.7 Å². The predicted molar refractivity (Wildman–Crippen MR) is 152 cm³/mol. The highest BCUT2D eigenvalue weighted by molar-refractivity contribution is 8.01. The van der Waals surface area contributed by atoms with E-state index in [2.05, 4.69) is 18.8 Å². The average Bonchev–Trinajstić information content (AvgIpc) is 3.27. The summed E-state index contributed by atoms with van der Waals surface area (Å²) in [6, 6.07) is 0. The van der Waals surface area contributed by atoms with E-state index in [4.69, 9.17) is 9.47 Å². The highest BCUT2D eigenvalue weighted by Crippen LogP contribution is 2.45. The van der Waals surface area contributed by atoms with Gasteiger partial charge in [0.05, 0.1) is 41.4 Å². The van der Waals surface area contributed by atoms with Crippen molar-refractivity contribution in [3.05, 3.63) is 16.6 Å². The number of ketones is 1. The summed E-state index contributed by atoms with van der Waals surface area (Å²) in [5, 5.41) is 23.8. The monoisotopic (exact) mass is 567 g/mol. The van der Waals surface area contributed by atoms with Gasteiger partial charge in [0.1, 0.15) is 11.9 Å². The summed E-state index contributed by atoms with van der Waals surface area (Å²) < 4.78 is 13.0. The van der Waals surface area contributed by atoms with Gasteiger partial charge in [0, 0.05) is 23.5 Å². The lowest BCUT2D eigenvalue weighted by atomic mass is 9.73. The lowest BCUT2D eigenvalue weighted by Crippen LogP contribution is -2.45. The van der Waals surface area contributed by atoms with Gasteiger partial charge in [-0.3, -0.25) is 9.59 Å². The number of ether oxygens (including phenoxy) is 2. The van der Waals surface area contributed by atoms with Gasteiger partial charge in [-0.15, -0.1) is 11.3 Å². The standard InChI is InChI=1S/C29H45NO6S2/c1-8-12-37-27-30-20(16-38-27)13-18(3)21-14-23-29(7,36-23)11-9-10-17(2)25(33)19(4)26(34)28(5,6)22(31)15-24(32)35-21/h13,16-17,19,21-23,25,31,33H,8-12,14-15H2,1-7H3/b18-13+/t17-,19+,21?,22-,23-,25-,29+/m0/s1. The Hall–Kier alpha value is -1.26. The molecule has 1 aromatic heterocycles. The molecule has 3 rings (SSSR count). The van der Waals surface area contributed by atoms with Crippen molar-refractivity contribution in [1.82, 2.24) is 4.98 Å². The minimum absolute atomic E-state index is 0.0512. The molecule has 2 aliphatic heterocycles. The van der Waals surface area contributed by atoms with Crippen LogP contribution < -0.4 is 0 Å². The van der Waals surface area contributed by atoms with Gasteiger partial charge in [0.25, 0.3) is 0 Å². The topological polar surface area (TPSA) is 109 Å². The molecule has 7 atom stereocenters. The zero-order valence-corrected chi connectivity index (χ0v) is 25.5. The Labute approximate surface area is 235 Å². The van der Waals surface area contributed by atoms with E-state index in [1.54, 1.807) is 43.9 Å². The number of carbonyl (C=O) groups excluding carboxylic acids is 2. The molecule has 3 heterocycles. The maximum absolute atomic E-state index is 13.3. The number of aromatic nitrogens is 1. The third-order valence-corrected chi connectivity index (χ3v) is 10.5. The maximum Gasteiger partial charge on any atom is 0.309 e. The average molecular weight is 568 g/mol. The van der Waals surface area contributed by atoms with Crippen LogP contribution in [0, 0.1) is 17.3 Å². The third-order valence-electron chi connectivity index (χ3n) is 8.22. The van der Waals surface area contributed by atoms with Crippen molar-refractivity contribution in [1.29, 1.82) is 0 Å². The van der Waals surface area contributed by atoms with Crippen molar-refractivity contribution >= 4 is 40.9 Å². The van der Waals surface area contributed by atoms with Crippen molar-refractivity contribution in [3.63, 3.8) is 0 Å². The van der Waals surface area contributed by atoms with Crippen LogP contribution in [0.1, 0.15) is 92.7 Å². The quantitative estimate of drug-likeness (QED) is 0.266. The fourth-order valence-electron chi connectivity index (χ4n) is 5.21. The molecule has 0 amide bonds. The van der Waals surface area contributed by atoms with Gasteiger partial charge in [-0.1, -0.05) is 52.8 Å². The van der Waals surface area contributed by atoms with E-state index in [0.29, 0.717) is 6.42 Å². The molecule has 0 bridgehead atoms. The number of cyclic esters (lactones) is 1. The number of thiazole rings is 1. The molecule has 7 nitrogen and oxygen atoms in total. The Kier molecular flexibility index (Phi) is 10.6. The minimum Gasteiger partial charge on any atom is -0.458 e. The fourth-order valence-corrected chi connectivity index (χ4v) is 6.93. The van der Waals surface area contributed by atoms with Crippen LogP contribution in [-0.4, -0.2) is 62.7 Å². The van der Waals surface area contributed by atoms with Gasteiger partial charge in [0.15, 0.2) is 4.34 Å². The molecule has 2 fully saturated rings. The number of thioether (sulfide) groups is 1. The van der Waals surface area contributed by atoms with Crippen molar-refractivity contribution in [2.24, 2.45) is 17.3 Å². The first-order valence-corrected chi connectivity index (χ1v) is 15.7. The van der Waals surface area contributed by atoms with E-state index in [0.717, 1.165) is 47.0 Å². The summed E-state index contributed by atoms with van der Waals surface area (Å²) in [7, 11) is 0. The van der Waals surface area contributed by atoms with Gasteiger partial charge in [-0.2, -0.15) is 0 Å². The summed E-state index contributed by atoms with van der Waals surface area (Å²) in [4.78, 5) is 31.0. The second kappa shape index (κ2) is 12.9. The van der Waals surface area contributed by atoms with E-state index >= 15 is 0 Å². The second-order valence-electron chi connectivity index (χ2n) is 11.9. The van der Waals surface area contributed by atoms with Gasteiger partial charge < -0.3 is 19.7 Å². The number of Topliss-reactive ketones (excluding diaryl/α,β-unsaturated/α-hetero) is 1. The number of nitrogens with zero attached hydrogens (tertiary/aromatic N) is 1. The number of carbonyl (C=O) groups is 2. The summed E-state index contributed by atoms with van der Waals surface area (Å²) in [6.45, 7) is 13.1. The second-order valence-corrected chi connectivity index (χ2v) is 14.1. The predicted octanol–water partition coefficient (Wildman–Crippen LogP) is 5.67. The highest BCUT2D eigenvalue weighted by atomic mass is 32.2. The summed E-state index contributed by atoms with van der Waals surface area (Å²) in [5.41, 5.74) is 0.189. The first-order chi connectivity index (χ1) is 17.8. The maximum atomic E-state index is 13.3. The first-order valence-electron chi connectivity index (χ1n) is 13.8. The molecule has 38 heavy (non-hydrogen) atoms. The zero-order valence-electron chi connectivity index (χ0n) is 23.9. The molecule has 0 radical (unpaired) electrons. The third kappa shape index (κ3) is 7.68. The van der Waals surface area contributed by atoms with Crippen LogP contribution in [0.25, 0.3) is 6.08 Å². The van der Waals surface area contributed by atoms with Crippen LogP contribution >= 0.6 is 23.1 Å². The van der Waals surface area contributed by atoms with Gasteiger partial charge >= 0.3 is 5.97 Å². The Balaban J connectivity index is 1.83. The van der Waals surface area contributed by atoms with Crippen LogP contribution in [0.5, 0.6) is 0 Å². The number of fused-ring (bicyclic) bond motifs is 1. The van der Waals surface area contributed by atoms with E-state index in [1.165, 1.54) is 0 Å². The molecule has 9 heteroatoms. The molecular weight excluding hydrogens is 522 g/mol. The molecule has 2 N–H and O–H groups in total. The normalized spacial score (nSPS) is 35.4. The van der Waals surface area contributed by atoms with E-state index in [9.17, 15) is 19.8 Å². The molecular formula is C29H45NO6S2. The number of epoxide rings is 1. The van der Waals surface area contributed by atoms with E-state index in [-0.39, 0.29) is 29.8 Å². The number of aliphatic hydroxyl groups excluding tert-OH is 2. The van der Waals surface area contributed by atoms with Crippen LogP contribution in [0.2, 0.25) is 0 Å². The van der Waals surface area contributed by atoms with Crippen LogP contribution in [-0.2, 0) is 19.1 Å². The smallest absolute Gasteiger partial charge is 0.309 e. The lowest BCUT2D eigenvalue weighted by molar-refractivity contribution is -0.154. The molecule has 0 saturated carbocycles. The number of rotatable bonds is 5. The van der Waals surface area contributed by atoms with Crippen molar-refractivity contribution in [2.75, 3.05) is 5.75 Å². The first kappa shape index (κ1) is 31.3. The molecule has 0 spiro atoms. The minimum atomic E-state index is -1.23. The van der Waals surface area contributed by atoms with E-state index in [1.807, 2.05) is 25.3 Å². The zero-order chi connectivity index (χ0) is 28.3. The molecule has 1 unspecified atom stereocenters. The molecule has 2 saturated heterocycles. The Morgan fingerprint density at radius 3 is 2.66 bits per heavy atom. The van der Waals surface area contributed by atoms with Crippen molar-refractivity contribution in [2.45, 2.75) is 121 Å². The molecule has 214 valence electrons. The van der Waals surface area contributed by atoms with E-state index < -0.39 is 35.6 Å². The van der Waals surface area contributed by atoms with Gasteiger partial charge in [0.2, 0.25) is 0 Å². The molecule has 1 aromatic rings. The molecule has 0 aliphatic carbocycles. The summed E-state index contributed by atoms with van der Waals surface area (Å²) in [5.74, 6) is -0.530. The Bertz CT molecular complexity index is 1010. The van der Waals surface area contributed by atoms with Crippen LogP contribution in [0.3, 0.4) is 0 Å². The summed E-state index contributed by atoms with van der Waals surface area (Å²) in [6.07, 6.45) is 3.07. The van der Waals surface area contributed by atoms with Gasteiger partial charge in [-0.25, -0.2) is 4.98 Å². The molecule has 2 aliphatic rings. The largest absolute Gasteiger partial charge is 0.458 e. The SMILES string of the molecule is CCCSc1nc(/C=C(\C)C2C[C@@H]3O[C@]3(C)CCC[C@H](C)[C@H](O)[C@@H](C)C(=O)C(C)(C)[C@@H](O)CC(=O)O2)cs1. The van der Waals surface area contributed by atoms with Crippen molar-refractivity contribution in [3.8, 4) is 0 Å².